The van der Waals surface area contributed by atoms with Crippen molar-refractivity contribution in [3.8, 4) is 0 Å². The van der Waals surface area contributed by atoms with Gasteiger partial charge in [0.2, 0.25) is 5.79 Å². The van der Waals surface area contributed by atoms with E-state index < -0.39 is 83.7 Å². The van der Waals surface area contributed by atoms with Crippen molar-refractivity contribution >= 4 is 35.2 Å². The van der Waals surface area contributed by atoms with Crippen LogP contribution in [0.3, 0.4) is 0 Å². The van der Waals surface area contributed by atoms with Gasteiger partial charge in [0.15, 0.2) is 5.78 Å². The molecule has 2 saturated heterocycles. The number of aliphatic hydroxyl groups is 2. The van der Waals surface area contributed by atoms with Crippen LogP contribution in [0.2, 0.25) is 0 Å². The number of nitrogens with zero attached hydrogens (tertiary/aromatic N) is 2. The number of piperidine rings is 1. The standard InChI is InChI=1S/C59H86N2O15/c1-36-17-12-11-13-18-37(2)49(70-8)33-45-23-21-42(7)59(69,76-45)55(65)56(66)61-26-15-14-20-46(61)58(68)75-50(34-47(62)38(3)30-41(6)53(64)54(72-10)52(63)40(5)29-36)39(4)31-43-22-24-48(51(32-43)71-9)73-27-28-74-57(67)44-19-16-25-60-35-44/h11-13,16-19,25,30,35-36,38-40,42-43,45-46,48-51,53-54,64,69H,14-15,20-24,26-29,31-34H2,1-10H3/b13-11+,17-12+,37-18+,41-30+/t36-,38-,39-,40-,42-,43-,45+,46+,48-,49+,50+,51-,53-,54+,59-/m1/s1. The molecule has 2 N–H and O–H groups in total. The summed E-state index contributed by atoms with van der Waals surface area (Å²) in [5.74, 6) is -8.71. The van der Waals surface area contributed by atoms with Gasteiger partial charge in [-0.25, -0.2) is 9.59 Å². The van der Waals surface area contributed by atoms with E-state index in [9.17, 15) is 39.0 Å². The molecule has 1 saturated carbocycles. The summed E-state index contributed by atoms with van der Waals surface area (Å²) in [7, 11) is 4.57. The van der Waals surface area contributed by atoms with Crippen molar-refractivity contribution in [1.82, 2.24) is 9.88 Å². The van der Waals surface area contributed by atoms with E-state index in [1.165, 1.54) is 18.2 Å². The average molecular weight is 1060 g/mol. The molecule has 17 nitrogen and oxygen atoms in total. The van der Waals surface area contributed by atoms with Gasteiger partial charge in [-0.15, -0.1) is 0 Å². The molecule has 4 heterocycles. The largest absolute Gasteiger partial charge is 0.460 e. The minimum absolute atomic E-state index is 0.00342. The van der Waals surface area contributed by atoms with E-state index in [2.05, 4.69) is 4.98 Å². The minimum atomic E-state index is -2.45. The van der Waals surface area contributed by atoms with Gasteiger partial charge in [-0.3, -0.25) is 24.2 Å². The predicted molar refractivity (Wildman–Crippen MR) is 283 cm³/mol. The highest BCUT2D eigenvalue weighted by molar-refractivity contribution is 6.39. The molecule has 1 aliphatic carbocycles. The van der Waals surface area contributed by atoms with Crippen LogP contribution in [0, 0.1) is 35.5 Å². The van der Waals surface area contributed by atoms with E-state index in [-0.39, 0.29) is 74.1 Å². The molecule has 0 spiro atoms. The molecule has 3 aliphatic heterocycles. The Morgan fingerprint density at radius 1 is 0.882 bits per heavy atom. The highest BCUT2D eigenvalue weighted by Crippen LogP contribution is 2.38. The third kappa shape index (κ3) is 16.9. The van der Waals surface area contributed by atoms with E-state index in [0.717, 1.165) is 12.0 Å². The SMILES string of the molecule is CO[C@H]1C[C@@H]2CC[C@@H](C)[C@@](O)(O2)C(=O)C(=O)N2CCCC[C@H]2C(=O)O[C@H]([C@H](C)C[C@H]2CC[C@@H](OCCOC(=O)c3cccnc3)[C@H](OC)C2)CC(=O)[C@H](C)/C=C(\C)[C@@H](O)[C@@H](OC)C(=O)[C@H](C)C[C@H](C)/C=C/C=C/C=C/1C. The van der Waals surface area contributed by atoms with Crippen LogP contribution in [0.1, 0.15) is 136 Å². The van der Waals surface area contributed by atoms with Gasteiger partial charge < -0.3 is 48.3 Å². The number of esters is 2. The molecule has 4 aliphatic rings. The number of aromatic nitrogens is 1. The lowest BCUT2D eigenvalue weighted by molar-refractivity contribution is -0.265. The van der Waals surface area contributed by atoms with Crippen molar-refractivity contribution in [2.45, 2.75) is 180 Å². The quantitative estimate of drug-likeness (QED) is 0.0950. The van der Waals surface area contributed by atoms with Crippen LogP contribution >= 0.6 is 0 Å². The maximum atomic E-state index is 14.6. The van der Waals surface area contributed by atoms with E-state index in [1.807, 2.05) is 58.1 Å². The molecule has 3 fully saturated rings. The highest BCUT2D eigenvalue weighted by Gasteiger charge is 2.53. The lowest BCUT2D eigenvalue weighted by Crippen LogP contribution is -2.61. The molecular formula is C59H86N2O15. The molecule has 76 heavy (non-hydrogen) atoms. The lowest BCUT2D eigenvalue weighted by Gasteiger charge is -2.42. The monoisotopic (exact) mass is 1060 g/mol. The van der Waals surface area contributed by atoms with Crippen LogP contribution in [0.15, 0.2) is 72.1 Å². The Labute approximate surface area is 450 Å². The zero-order chi connectivity index (χ0) is 55.7. The normalized spacial score (nSPS) is 36.1. The fourth-order valence-corrected chi connectivity index (χ4v) is 11.2. The first-order valence-electron chi connectivity index (χ1n) is 27.4. The summed E-state index contributed by atoms with van der Waals surface area (Å²) < 4.78 is 41.4. The van der Waals surface area contributed by atoms with Crippen LogP contribution in [0.5, 0.6) is 0 Å². The number of ether oxygens (including phenoxy) is 7. The number of carbonyl (C=O) groups is 6. The number of hydrogen-bond acceptors (Lipinski definition) is 16. The van der Waals surface area contributed by atoms with Crippen molar-refractivity contribution in [3.05, 3.63) is 77.7 Å². The van der Waals surface area contributed by atoms with Gasteiger partial charge in [0.1, 0.15) is 36.7 Å². The van der Waals surface area contributed by atoms with E-state index in [0.29, 0.717) is 68.9 Å². The van der Waals surface area contributed by atoms with Gasteiger partial charge >= 0.3 is 11.9 Å². The zero-order valence-electron chi connectivity index (χ0n) is 46.6. The third-order valence-electron chi connectivity index (χ3n) is 16.0. The first kappa shape index (κ1) is 62.1. The Bertz CT molecular complexity index is 2230. The molecule has 2 bridgehead atoms. The number of pyridine rings is 1. The first-order valence-corrected chi connectivity index (χ1v) is 27.4. The summed E-state index contributed by atoms with van der Waals surface area (Å²) in [6.45, 7) is 12.9. The van der Waals surface area contributed by atoms with Crippen molar-refractivity contribution in [1.29, 1.82) is 0 Å². The Morgan fingerprint density at radius 3 is 2.34 bits per heavy atom. The summed E-state index contributed by atoms with van der Waals surface area (Å²) in [4.78, 5) is 89.0. The molecule has 1 aromatic rings. The Kier molecular flexibility index (Phi) is 24.4. The molecular weight excluding hydrogens is 977 g/mol. The number of amides is 1. The number of allylic oxidation sites excluding steroid dienone is 6. The smallest absolute Gasteiger partial charge is 0.339 e. The van der Waals surface area contributed by atoms with Crippen LogP contribution in [0.4, 0.5) is 0 Å². The maximum absolute atomic E-state index is 14.6. The molecule has 1 amide bonds. The molecule has 0 unspecified atom stereocenters. The van der Waals surface area contributed by atoms with Crippen LogP contribution in [0.25, 0.3) is 0 Å². The van der Waals surface area contributed by atoms with Crippen LogP contribution in [-0.2, 0) is 57.1 Å². The van der Waals surface area contributed by atoms with Gasteiger partial charge in [-0.1, -0.05) is 71.1 Å². The number of hydrogen-bond donors (Lipinski definition) is 2. The second kappa shape index (κ2) is 29.8. The molecule has 15 atom stereocenters. The second-order valence-corrected chi connectivity index (χ2v) is 21.8. The van der Waals surface area contributed by atoms with Crippen LogP contribution in [-0.4, -0.2) is 151 Å². The lowest BCUT2D eigenvalue weighted by atomic mass is 9.78. The Morgan fingerprint density at radius 2 is 1.64 bits per heavy atom. The highest BCUT2D eigenvalue weighted by atomic mass is 16.6. The van der Waals surface area contributed by atoms with Crippen molar-refractivity contribution in [2.24, 2.45) is 35.5 Å². The molecule has 1 aromatic heterocycles. The van der Waals surface area contributed by atoms with Gasteiger partial charge in [0.25, 0.3) is 11.7 Å². The number of fused-ring (bicyclic) bond motifs is 3. The van der Waals surface area contributed by atoms with Gasteiger partial charge in [0.05, 0.1) is 36.6 Å². The predicted octanol–water partition coefficient (Wildman–Crippen LogP) is 7.46. The summed E-state index contributed by atoms with van der Waals surface area (Å²) in [6.07, 6.45) is 14.4. The molecule has 422 valence electrons. The second-order valence-electron chi connectivity index (χ2n) is 21.8. The number of methoxy groups -OCH3 is 3. The zero-order valence-corrected chi connectivity index (χ0v) is 46.6. The number of carbonyl (C=O) groups excluding carboxylic acids is 6. The summed E-state index contributed by atoms with van der Waals surface area (Å²) in [5, 5.41) is 23.6. The van der Waals surface area contributed by atoms with E-state index in [1.54, 1.807) is 59.4 Å². The number of rotatable bonds is 11. The van der Waals surface area contributed by atoms with Crippen molar-refractivity contribution in [3.63, 3.8) is 0 Å². The van der Waals surface area contributed by atoms with Gasteiger partial charge in [-0.2, -0.15) is 0 Å². The van der Waals surface area contributed by atoms with Gasteiger partial charge in [-0.05, 0) is 119 Å². The minimum Gasteiger partial charge on any atom is -0.460 e. The summed E-state index contributed by atoms with van der Waals surface area (Å²) >= 11 is 0. The molecule has 0 radical (unpaired) electrons. The molecule has 5 rings (SSSR count). The van der Waals surface area contributed by atoms with Gasteiger partial charge in [0, 0.05) is 70.9 Å². The van der Waals surface area contributed by atoms with Crippen molar-refractivity contribution in [2.75, 3.05) is 41.1 Å². The number of Topliss-reactive ketones (excluding diaryl/α,β-unsaturated/α-hetero) is 3. The van der Waals surface area contributed by atoms with Crippen molar-refractivity contribution < 1.29 is 72.1 Å². The number of cyclic esters (lactones) is 1. The molecule has 17 heteroatoms. The van der Waals surface area contributed by atoms with E-state index in [4.69, 9.17) is 33.2 Å². The third-order valence-corrected chi connectivity index (χ3v) is 16.0. The van der Waals surface area contributed by atoms with Crippen LogP contribution < -0.4 is 0 Å². The number of aliphatic hydroxyl groups excluding tert-OH is 1. The molecule has 0 aromatic carbocycles. The fraction of sp³-hybridized carbons (Fsp3) is 0.678. The summed E-state index contributed by atoms with van der Waals surface area (Å²) in [6, 6.07) is 2.11. The number of ketones is 3. The Hall–Kier alpha value is -4.75. The first-order chi connectivity index (χ1) is 36.2. The van der Waals surface area contributed by atoms with E-state index >= 15 is 0 Å². The Balaban J connectivity index is 1.40. The maximum Gasteiger partial charge on any atom is 0.339 e. The summed E-state index contributed by atoms with van der Waals surface area (Å²) in [5.41, 5.74) is 1.59. The topological polar surface area (TPSA) is 224 Å². The fourth-order valence-electron chi connectivity index (χ4n) is 11.2. The average Bonchev–Trinajstić information content (AvgIpc) is 3.43.